The fourth-order valence-corrected chi connectivity index (χ4v) is 0.536. The van der Waals surface area contributed by atoms with Crippen LogP contribution in [0, 0.1) is 12.0 Å². The van der Waals surface area contributed by atoms with E-state index in [1.165, 1.54) is 0 Å². The second kappa shape index (κ2) is 6.91. The van der Waals surface area contributed by atoms with Crippen molar-refractivity contribution in [3.05, 3.63) is 0 Å². The smallest absolute Gasteiger partial charge is 0.320 e. The molecule has 0 radical (unpaired) electrons. The van der Waals surface area contributed by atoms with Gasteiger partial charge in [-0.25, -0.2) is 0 Å². The molecular formula is C7H7IO4. The third-order valence-corrected chi connectivity index (χ3v) is 1.23. The third-order valence-electron chi connectivity index (χ3n) is 0.847. The quantitative estimate of drug-likeness (QED) is 0.360. The molecule has 0 rings (SSSR count). The molecule has 0 fully saturated rings. The summed E-state index contributed by atoms with van der Waals surface area (Å²) in [6, 6.07) is 0. The Labute approximate surface area is 83.4 Å². The Balaban J connectivity index is 3.53. The zero-order valence-corrected chi connectivity index (χ0v) is 8.33. The monoisotopic (exact) mass is 282 g/mol. The zero-order valence-electron chi connectivity index (χ0n) is 6.17. The molecule has 0 aromatic heterocycles. The van der Waals surface area contributed by atoms with Gasteiger partial charge in [-0.1, -0.05) is 22.6 Å². The Hall–Kier alpha value is -0.770. The minimum atomic E-state index is -1.02. The summed E-state index contributed by atoms with van der Waals surface area (Å²) >= 11 is 2.01. The highest BCUT2D eigenvalue weighted by Crippen LogP contribution is 1.91. The SMILES string of the molecule is O=C(O)CCC(=O)OC#CCI. The summed E-state index contributed by atoms with van der Waals surface area (Å²) in [5.41, 5.74) is 0. The van der Waals surface area contributed by atoms with E-state index in [1.807, 2.05) is 22.6 Å². The number of rotatable bonds is 3. The lowest BCUT2D eigenvalue weighted by Gasteiger charge is -1.91. The Morgan fingerprint density at radius 3 is 2.58 bits per heavy atom. The maximum atomic E-state index is 10.6. The van der Waals surface area contributed by atoms with E-state index in [9.17, 15) is 9.59 Å². The molecule has 0 saturated carbocycles. The van der Waals surface area contributed by atoms with Crippen molar-refractivity contribution < 1.29 is 19.4 Å². The highest BCUT2D eigenvalue weighted by Gasteiger charge is 2.04. The molecule has 0 aliphatic carbocycles. The molecule has 66 valence electrons. The summed E-state index contributed by atoms with van der Waals surface area (Å²) in [5, 5.41) is 8.19. The van der Waals surface area contributed by atoms with Gasteiger partial charge in [-0.05, 0) is 5.92 Å². The van der Waals surface area contributed by atoms with E-state index < -0.39 is 11.9 Å². The van der Waals surface area contributed by atoms with Crippen LogP contribution in [0.15, 0.2) is 0 Å². The number of carbonyl (C=O) groups is 2. The number of hydrogen-bond acceptors (Lipinski definition) is 3. The van der Waals surface area contributed by atoms with Gasteiger partial charge < -0.3 is 9.84 Å². The number of hydrogen-bond donors (Lipinski definition) is 1. The first-order valence-electron chi connectivity index (χ1n) is 3.12. The van der Waals surface area contributed by atoms with Crippen LogP contribution in [0.2, 0.25) is 0 Å². The van der Waals surface area contributed by atoms with E-state index in [4.69, 9.17) is 5.11 Å². The predicted molar refractivity (Wildman–Crippen MR) is 49.6 cm³/mol. The number of carboxylic acid groups (broad SMARTS) is 1. The number of aliphatic carboxylic acids is 1. The van der Waals surface area contributed by atoms with Gasteiger partial charge in [0.1, 0.15) is 6.11 Å². The molecule has 12 heavy (non-hydrogen) atoms. The number of ether oxygens (including phenoxy) is 1. The minimum Gasteiger partial charge on any atom is -0.481 e. The second-order valence-corrected chi connectivity index (χ2v) is 2.54. The van der Waals surface area contributed by atoms with Crippen LogP contribution in [0.1, 0.15) is 12.8 Å². The molecule has 0 unspecified atom stereocenters. The molecule has 5 heteroatoms. The molecule has 0 spiro atoms. The van der Waals surface area contributed by atoms with Crippen molar-refractivity contribution in [1.29, 1.82) is 0 Å². The number of carbonyl (C=O) groups excluding carboxylic acids is 1. The third kappa shape index (κ3) is 7.34. The molecule has 0 atom stereocenters. The normalized spacial score (nSPS) is 8.08. The standard InChI is InChI=1S/C7H7IO4/c8-4-1-5-12-7(11)3-2-6(9)10/h2-4H2,(H,9,10). The number of carboxylic acids is 1. The van der Waals surface area contributed by atoms with Crippen LogP contribution in [0.4, 0.5) is 0 Å². The Kier molecular flexibility index (Phi) is 6.47. The van der Waals surface area contributed by atoms with Crippen LogP contribution in [0.25, 0.3) is 0 Å². The Morgan fingerprint density at radius 2 is 2.08 bits per heavy atom. The molecular weight excluding hydrogens is 275 g/mol. The molecule has 4 nitrogen and oxygen atoms in total. The first kappa shape index (κ1) is 11.2. The molecule has 1 N–H and O–H groups in total. The Bertz CT molecular complexity index is 225. The highest BCUT2D eigenvalue weighted by molar-refractivity contribution is 14.1. The van der Waals surface area contributed by atoms with Crippen molar-refractivity contribution in [3.63, 3.8) is 0 Å². The Morgan fingerprint density at radius 1 is 1.42 bits per heavy atom. The molecule has 0 amide bonds. The van der Waals surface area contributed by atoms with Gasteiger partial charge in [0, 0.05) is 0 Å². The van der Waals surface area contributed by atoms with Gasteiger partial charge in [0.15, 0.2) is 0 Å². The molecule has 0 heterocycles. The van der Waals surface area contributed by atoms with E-state index in [0.29, 0.717) is 4.43 Å². The summed E-state index contributed by atoms with van der Waals surface area (Å²) in [5.74, 6) is 0.891. The summed E-state index contributed by atoms with van der Waals surface area (Å²) in [6.07, 6.45) is 1.81. The fourth-order valence-electron chi connectivity index (χ4n) is 0.380. The molecule has 0 aromatic carbocycles. The van der Waals surface area contributed by atoms with Crippen LogP contribution in [0.5, 0.6) is 0 Å². The van der Waals surface area contributed by atoms with Crippen LogP contribution in [-0.4, -0.2) is 21.5 Å². The van der Waals surface area contributed by atoms with Crippen molar-refractivity contribution in [2.24, 2.45) is 0 Å². The van der Waals surface area contributed by atoms with Crippen molar-refractivity contribution in [1.82, 2.24) is 0 Å². The number of alkyl halides is 1. The van der Waals surface area contributed by atoms with Crippen molar-refractivity contribution >= 4 is 34.5 Å². The van der Waals surface area contributed by atoms with Gasteiger partial charge in [0.25, 0.3) is 0 Å². The van der Waals surface area contributed by atoms with Crippen LogP contribution in [0.3, 0.4) is 0 Å². The van der Waals surface area contributed by atoms with E-state index in [1.54, 1.807) is 0 Å². The first-order valence-corrected chi connectivity index (χ1v) is 4.64. The van der Waals surface area contributed by atoms with Gasteiger partial charge in [0.05, 0.1) is 17.3 Å². The minimum absolute atomic E-state index is 0.134. The van der Waals surface area contributed by atoms with Gasteiger partial charge >= 0.3 is 11.9 Å². The van der Waals surface area contributed by atoms with E-state index >= 15 is 0 Å². The second-order valence-electron chi connectivity index (χ2n) is 1.78. The molecule has 0 aliphatic rings. The topological polar surface area (TPSA) is 63.6 Å². The summed E-state index contributed by atoms with van der Waals surface area (Å²) in [4.78, 5) is 20.6. The predicted octanol–water partition coefficient (Wildman–Crippen LogP) is 0.790. The van der Waals surface area contributed by atoms with Crippen molar-refractivity contribution in [3.8, 4) is 12.0 Å². The van der Waals surface area contributed by atoms with Crippen LogP contribution < -0.4 is 0 Å². The van der Waals surface area contributed by atoms with Crippen molar-refractivity contribution in [2.75, 3.05) is 4.43 Å². The number of halogens is 1. The zero-order chi connectivity index (χ0) is 9.40. The van der Waals surface area contributed by atoms with Gasteiger partial charge in [-0.3, -0.25) is 9.59 Å². The van der Waals surface area contributed by atoms with Gasteiger partial charge in [-0.2, -0.15) is 0 Å². The van der Waals surface area contributed by atoms with Crippen LogP contribution in [-0.2, 0) is 14.3 Å². The first-order chi connectivity index (χ1) is 5.66. The average molecular weight is 282 g/mol. The summed E-state index contributed by atoms with van der Waals surface area (Å²) in [7, 11) is 0. The highest BCUT2D eigenvalue weighted by atomic mass is 127. The number of esters is 1. The summed E-state index contributed by atoms with van der Waals surface area (Å²) in [6.45, 7) is 0. The van der Waals surface area contributed by atoms with E-state index in [2.05, 4.69) is 16.8 Å². The lowest BCUT2D eigenvalue weighted by atomic mass is 10.3. The van der Waals surface area contributed by atoms with Gasteiger partial charge in [0.2, 0.25) is 0 Å². The van der Waals surface area contributed by atoms with Gasteiger partial charge in [-0.15, -0.1) is 0 Å². The fraction of sp³-hybridized carbons (Fsp3) is 0.429. The lowest BCUT2D eigenvalue weighted by Crippen LogP contribution is -2.04. The molecule has 0 saturated heterocycles. The molecule has 0 aromatic rings. The van der Waals surface area contributed by atoms with Crippen LogP contribution >= 0.6 is 22.6 Å². The largest absolute Gasteiger partial charge is 0.481 e. The molecule has 0 aliphatic heterocycles. The maximum absolute atomic E-state index is 10.6. The van der Waals surface area contributed by atoms with Crippen molar-refractivity contribution in [2.45, 2.75) is 12.8 Å². The van der Waals surface area contributed by atoms with E-state index in [0.717, 1.165) is 0 Å². The van der Waals surface area contributed by atoms with E-state index in [-0.39, 0.29) is 12.8 Å². The molecule has 0 bridgehead atoms. The average Bonchev–Trinajstić information content (AvgIpc) is 2.01. The maximum Gasteiger partial charge on any atom is 0.320 e. The lowest BCUT2D eigenvalue weighted by molar-refractivity contribution is -0.143. The summed E-state index contributed by atoms with van der Waals surface area (Å²) < 4.78 is 4.94.